The number of carboxylic acids is 1. The van der Waals surface area contributed by atoms with E-state index in [-0.39, 0.29) is 5.69 Å². The van der Waals surface area contributed by atoms with Crippen molar-refractivity contribution in [2.45, 2.75) is 6.61 Å². The molecule has 4 nitrogen and oxygen atoms in total. The number of hydrogen-bond donors (Lipinski definition) is 2. The van der Waals surface area contributed by atoms with Crippen LogP contribution in [0.2, 0.25) is 0 Å². The SMILES string of the molecule is O=C(O)c1cc2cccc(-c3ccc(OCc4ccccc4)cc3)c2[nH]1. The van der Waals surface area contributed by atoms with Gasteiger partial charge in [0.15, 0.2) is 0 Å². The normalized spacial score (nSPS) is 10.8. The Bertz CT molecular complexity index is 1050. The number of benzene rings is 3. The average molecular weight is 343 g/mol. The predicted molar refractivity (Wildman–Crippen MR) is 101 cm³/mol. The molecule has 128 valence electrons. The first-order valence-electron chi connectivity index (χ1n) is 8.33. The highest BCUT2D eigenvalue weighted by Gasteiger charge is 2.11. The van der Waals surface area contributed by atoms with E-state index >= 15 is 0 Å². The van der Waals surface area contributed by atoms with Crippen LogP contribution in [0.5, 0.6) is 5.75 Å². The van der Waals surface area contributed by atoms with Gasteiger partial charge in [0.1, 0.15) is 18.1 Å². The van der Waals surface area contributed by atoms with Crippen LogP contribution in [0.1, 0.15) is 16.1 Å². The molecule has 0 aliphatic heterocycles. The van der Waals surface area contributed by atoms with Gasteiger partial charge in [0, 0.05) is 10.9 Å². The first-order chi connectivity index (χ1) is 12.7. The summed E-state index contributed by atoms with van der Waals surface area (Å²) in [6.45, 7) is 0.522. The number of carbonyl (C=O) groups is 1. The van der Waals surface area contributed by atoms with Gasteiger partial charge >= 0.3 is 5.97 Å². The Kier molecular flexibility index (Phi) is 4.15. The molecule has 0 fully saturated rings. The first-order valence-corrected chi connectivity index (χ1v) is 8.33. The molecule has 0 spiro atoms. The molecule has 26 heavy (non-hydrogen) atoms. The fraction of sp³-hybridized carbons (Fsp3) is 0.0455. The molecule has 2 N–H and O–H groups in total. The fourth-order valence-corrected chi connectivity index (χ4v) is 2.98. The summed E-state index contributed by atoms with van der Waals surface area (Å²) < 4.78 is 5.82. The second kappa shape index (κ2) is 6.76. The summed E-state index contributed by atoms with van der Waals surface area (Å²) in [5.74, 6) is -0.167. The van der Waals surface area contributed by atoms with E-state index in [4.69, 9.17) is 4.74 Å². The molecule has 0 saturated carbocycles. The number of para-hydroxylation sites is 1. The number of hydrogen-bond acceptors (Lipinski definition) is 2. The Hall–Kier alpha value is -3.53. The van der Waals surface area contributed by atoms with Gasteiger partial charge in [-0.1, -0.05) is 60.7 Å². The van der Waals surface area contributed by atoms with E-state index < -0.39 is 5.97 Å². The van der Waals surface area contributed by atoms with Crippen LogP contribution in [0.25, 0.3) is 22.0 Å². The van der Waals surface area contributed by atoms with Gasteiger partial charge in [-0.25, -0.2) is 4.79 Å². The maximum absolute atomic E-state index is 11.2. The maximum Gasteiger partial charge on any atom is 0.352 e. The fourth-order valence-electron chi connectivity index (χ4n) is 2.98. The monoisotopic (exact) mass is 343 g/mol. The first kappa shape index (κ1) is 16.0. The lowest BCUT2D eigenvalue weighted by atomic mass is 10.0. The molecule has 0 bridgehead atoms. The largest absolute Gasteiger partial charge is 0.489 e. The molecule has 0 radical (unpaired) electrons. The van der Waals surface area contributed by atoms with Crippen LogP contribution < -0.4 is 4.74 Å². The molecular weight excluding hydrogens is 326 g/mol. The molecule has 0 aliphatic carbocycles. The minimum Gasteiger partial charge on any atom is -0.489 e. The number of aromatic carboxylic acids is 1. The molecule has 4 heteroatoms. The molecule has 0 aliphatic rings. The van der Waals surface area contributed by atoms with E-state index in [0.29, 0.717) is 6.61 Å². The molecule has 1 aromatic heterocycles. The van der Waals surface area contributed by atoms with Gasteiger partial charge in [-0.15, -0.1) is 0 Å². The maximum atomic E-state index is 11.2. The van der Waals surface area contributed by atoms with Crippen molar-refractivity contribution in [2.75, 3.05) is 0 Å². The van der Waals surface area contributed by atoms with Crippen LogP contribution >= 0.6 is 0 Å². The van der Waals surface area contributed by atoms with E-state index in [1.54, 1.807) is 6.07 Å². The van der Waals surface area contributed by atoms with Gasteiger partial charge < -0.3 is 14.8 Å². The van der Waals surface area contributed by atoms with Crippen LogP contribution in [-0.2, 0) is 6.61 Å². The third kappa shape index (κ3) is 3.17. The number of H-pyrrole nitrogens is 1. The van der Waals surface area contributed by atoms with Gasteiger partial charge in [-0.2, -0.15) is 0 Å². The van der Waals surface area contributed by atoms with Crippen molar-refractivity contribution in [2.24, 2.45) is 0 Å². The highest BCUT2D eigenvalue weighted by molar-refractivity contribution is 6.00. The van der Waals surface area contributed by atoms with Crippen LogP contribution in [0.3, 0.4) is 0 Å². The van der Waals surface area contributed by atoms with Gasteiger partial charge in [0.2, 0.25) is 0 Å². The molecule has 3 aromatic carbocycles. The summed E-state index contributed by atoms with van der Waals surface area (Å²) in [5, 5.41) is 10.1. The Morgan fingerprint density at radius 3 is 2.42 bits per heavy atom. The Morgan fingerprint density at radius 2 is 1.69 bits per heavy atom. The Labute approximate surface area is 150 Å². The Balaban J connectivity index is 1.59. The van der Waals surface area contributed by atoms with Crippen LogP contribution in [-0.4, -0.2) is 16.1 Å². The molecular formula is C22H17NO3. The quantitative estimate of drug-likeness (QED) is 0.529. The van der Waals surface area contributed by atoms with Crippen molar-refractivity contribution in [3.8, 4) is 16.9 Å². The number of aromatic nitrogens is 1. The van der Waals surface area contributed by atoms with Gasteiger partial charge in [-0.05, 0) is 29.3 Å². The van der Waals surface area contributed by atoms with Crippen molar-refractivity contribution in [3.05, 3.63) is 90.1 Å². The lowest BCUT2D eigenvalue weighted by molar-refractivity contribution is 0.0691. The summed E-state index contributed by atoms with van der Waals surface area (Å²) in [6.07, 6.45) is 0. The minimum atomic E-state index is -0.961. The van der Waals surface area contributed by atoms with Crippen LogP contribution in [0, 0.1) is 0 Å². The van der Waals surface area contributed by atoms with E-state index in [2.05, 4.69) is 4.98 Å². The topological polar surface area (TPSA) is 62.3 Å². The molecule has 0 unspecified atom stereocenters. The number of carboxylic acid groups (broad SMARTS) is 1. The van der Waals surface area contributed by atoms with Crippen molar-refractivity contribution < 1.29 is 14.6 Å². The van der Waals surface area contributed by atoms with E-state index in [9.17, 15) is 9.90 Å². The summed E-state index contributed by atoms with van der Waals surface area (Å²) in [4.78, 5) is 14.2. The molecule has 0 amide bonds. The summed E-state index contributed by atoms with van der Waals surface area (Å²) in [6, 6.07) is 25.3. The van der Waals surface area contributed by atoms with Crippen molar-refractivity contribution in [1.29, 1.82) is 0 Å². The van der Waals surface area contributed by atoms with Gasteiger partial charge in [0.25, 0.3) is 0 Å². The second-order valence-corrected chi connectivity index (χ2v) is 6.06. The minimum absolute atomic E-state index is 0.190. The highest BCUT2D eigenvalue weighted by atomic mass is 16.5. The summed E-state index contributed by atoms with van der Waals surface area (Å²) in [5.41, 5.74) is 4.10. The smallest absolute Gasteiger partial charge is 0.352 e. The van der Waals surface area contributed by atoms with E-state index in [0.717, 1.165) is 33.3 Å². The van der Waals surface area contributed by atoms with Crippen LogP contribution in [0.4, 0.5) is 0 Å². The summed E-state index contributed by atoms with van der Waals surface area (Å²) >= 11 is 0. The van der Waals surface area contributed by atoms with Crippen molar-refractivity contribution in [1.82, 2.24) is 4.98 Å². The third-order valence-corrected chi connectivity index (χ3v) is 4.30. The van der Waals surface area contributed by atoms with E-state index in [1.807, 2.05) is 72.8 Å². The Morgan fingerprint density at radius 1 is 0.923 bits per heavy atom. The lowest BCUT2D eigenvalue weighted by Crippen LogP contribution is -1.95. The number of fused-ring (bicyclic) bond motifs is 1. The number of nitrogens with one attached hydrogen (secondary N) is 1. The average Bonchev–Trinajstić information content (AvgIpc) is 3.12. The number of rotatable bonds is 5. The molecule has 4 aromatic rings. The number of ether oxygens (including phenoxy) is 1. The van der Waals surface area contributed by atoms with Crippen molar-refractivity contribution >= 4 is 16.9 Å². The standard InChI is InChI=1S/C22H17NO3/c24-22(25)20-13-17-7-4-8-19(21(17)23-20)16-9-11-18(12-10-16)26-14-15-5-2-1-3-6-15/h1-13,23H,14H2,(H,24,25). The molecule has 0 atom stereocenters. The van der Waals surface area contributed by atoms with E-state index in [1.165, 1.54) is 0 Å². The van der Waals surface area contributed by atoms with Gasteiger partial charge in [0.05, 0.1) is 5.52 Å². The zero-order chi connectivity index (χ0) is 17.9. The molecule has 0 saturated heterocycles. The predicted octanol–water partition coefficient (Wildman–Crippen LogP) is 5.11. The van der Waals surface area contributed by atoms with Gasteiger partial charge in [-0.3, -0.25) is 0 Å². The highest BCUT2D eigenvalue weighted by Crippen LogP contribution is 2.30. The zero-order valence-electron chi connectivity index (χ0n) is 14.0. The molecule has 4 rings (SSSR count). The van der Waals surface area contributed by atoms with Crippen LogP contribution in [0.15, 0.2) is 78.9 Å². The summed E-state index contributed by atoms with van der Waals surface area (Å²) in [7, 11) is 0. The molecule has 1 heterocycles. The lowest BCUT2D eigenvalue weighted by Gasteiger charge is -2.08. The zero-order valence-corrected chi connectivity index (χ0v) is 14.0. The second-order valence-electron chi connectivity index (χ2n) is 6.06. The third-order valence-electron chi connectivity index (χ3n) is 4.30. The van der Waals surface area contributed by atoms with Crippen molar-refractivity contribution in [3.63, 3.8) is 0 Å². The number of aromatic amines is 1.